The van der Waals surface area contributed by atoms with Crippen LogP contribution in [0.2, 0.25) is 0 Å². The molecule has 0 radical (unpaired) electrons. The third-order valence-corrected chi connectivity index (χ3v) is 7.66. The van der Waals surface area contributed by atoms with Gasteiger partial charge in [-0.3, -0.25) is 25.0 Å². The summed E-state index contributed by atoms with van der Waals surface area (Å²) in [6, 6.07) is 4.86. The Balaban J connectivity index is 2.12. The highest BCUT2D eigenvalue weighted by atomic mass is 32.2. The van der Waals surface area contributed by atoms with E-state index in [-0.39, 0.29) is 28.4 Å². The van der Waals surface area contributed by atoms with Crippen LogP contribution in [0.15, 0.2) is 39.2 Å². The number of anilines is 2. The summed E-state index contributed by atoms with van der Waals surface area (Å²) in [7, 11) is -8.31. The number of benzene rings is 1. The van der Waals surface area contributed by atoms with Crippen molar-refractivity contribution in [2.24, 2.45) is 5.10 Å². The standard InChI is InChI=1S/C20H25N5O7S2/c1-6-32-17(26)11-25-13-8-7-12(33(5,28)29)9-14(13)34(30,31)18(19(25)27)24-23-16-10-15(21-22-16)20(2,3)4/h7-10H,6,11H2,1-5H3,(H2,21,22,23). The van der Waals surface area contributed by atoms with Gasteiger partial charge in [-0.15, -0.1) is 0 Å². The number of hydrogen-bond acceptors (Lipinski definition) is 10. The molecule has 0 atom stereocenters. The normalized spacial score (nSPS) is 16.9. The van der Waals surface area contributed by atoms with E-state index in [9.17, 15) is 26.4 Å². The second kappa shape index (κ2) is 8.83. The van der Waals surface area contributed by atoms with E-state index in [1.165, 1.54) is 0 Å². The number of amides is 1. The Morgan fingerprint density at radius 3 is 2.50 bits per heavy atom. The Bertz CT molecular complexity index is 1390. The van der Waals surface area contributed by atoms with Gasteiger partial charge in [-0.25, -0.2) is 16.8 Å². The third-order valence-electron chi connectivity index (χ3n) is 4.87. The second-order valence-electron chi connectivity index (χ2n) is 8.55. The van der Waals surface area contributed by atoms with Crippen LogP contribution in [0.3, 0.4) is 0 Å². The van der Waals surface area contributed by atoms with Crippen LogP contribution in [0.25, 0.3) is 0 Å². The summed E-state index contributed by atoms with van der Waals surface area (Å²) in [5, 5.41) is 9.66. The molecule has 12 nitrogen and oxygen atoms in total. The third kappa shape index (κ3) is 4.97. The zero-order chi connectivity index (χ0) is 25.5. The SMILES string of the molecule is CCOC(=O)CN1C(=O)C(=NNc2cc(C(C)(C)C)[nH]n2)S(=O)(=O)c2cc(S(C)(=O)=O)ccc21. The highest BCUT2D eigenvalue weighted by Gasteiger charge is 2.43. The molecule has 1 aliphatic heterocycles. The first-order chi connectivity index (χ1) is 15.7. The first-order valence-electron chi connectivity index (χ1n) is 10.1. The van der Waals surface area contributed by atoms with Crippen LogP contribution < -0.4 is 10.3 Å². The van der Waals surface area contributed by atoms with Gasteiger partial charge in [0, 0.05) is 23.4 Å². The van der Waals surface area contributed by atoms with E-state index in [1.807, 2.05) is 20.8 Å². The van der Waals surface area contributed by atoms with Crippen molar-refractivity contribution in [3.8, 4) is 0 Å². The second-order valence-corrected chi connectivity index (χ2v) is 12.4. The number of fused-ring (bicyclic) bond motifs is 1. The summed E-state index contributed by atoms with van der Waals surface area (Å²) in [6.07, 6.45) is 0.923. The quantitative estimate of drug-likeness (QED) is 0.428. The number of carbonyl (C=O) groups excluding carboxylic acids is 2. The molecular weight excluding hydrogens is 486 g/mol. The van der Waals surface area contributed by atoms with Gasteiger partial charge < -0.3 is 4.74 Å². The summed E-state index contributed by atoms with van der Waals surface area (Å²) in [6.45, 7) is 6.86. The van der Waals surface area contributed by atoms with E-state index in [0.717, 1.165) is 35.0 Å². The molecule has 0 aliphatic carbocycles. The Kier molecular flexibility index (Phi) is 6.59. The van der Waals surface area contributed by atoms with Crippen LogP contribution in [0, 0.1) is 0 Å². The molecule has 2 N–H and O–H groups in total. The molecule has 0 fully saturated rings. The van der Waals surface area contributed by atoms with Gasteiger partial charge in [-0.1, -0.05) is 20.8 Å². The van der Waals surface area contributed by atoms with E-state index >= 15 is 0 Å². The average Bonchev–Trinajstić information content (AvgIpc) is 3.20. The van der Waals surface area contributed by atoms with Gasteiger partial charge in [0.05, 0.1) is 22.1 Å². The fraction of sp³-hybridized carbons (Fsp3) is 0.400. The number of nitrogens with zero attached hydrogens (tertiary/aromatic N) is 3. The molecule has 1 aliphatic rings. The number of hydrogen-bond donors (Lipinski definition) is 2. The predicted octanol–water partition coefficient (Wildman–Crippen LogP) is 1.22. The molecule has 2 heterocycles. The molecule has 14 heteroatoms. The van der Waals surface area contributed by atoms with Crippen LogP contribution in [-0.2, 0) is 39.4 Å². The maximum absolute atomic E-state index is 13.3. The predicted molar refractivity (Wildman–Crippen MR) is 124 cm³/mol. The zero-order valence-electron chi connectivity index (χ0n) is 19.2. The first-order valence-corrected chi connectivity index (χ1v) is 13.5. The minimum absolute atomic E-state index is 0.0524. The minimum Gasteiger partial charge on any atom is -0.465 e. The summed E-state index contributed by atoms with van der Waals surface area (Å²) >= 11 is 0. The molecule has 3 rings (SSSR count). The molecule has 34 heavy (non-hydrogen) atoms. The van der Waals surface area contributed by atoms with Crippen molar-refractivity contribution < 1.29 is 31.2 Å². The monoisotopic (exact) mass is 511 g/mol. The van der Waals surface area contributed by atoms with E-state index in [4.69, 9.17) is 4.74 Å². The molecule has 1 aromatic heterocycles. The van der Waals surface area contributed by atoms with Crippen molar-refractivity contribution in [3.05, 3.63) is 30.0 Å². The van der Waals surface area contributed by atoms with Crippen molar-refractivity contribution in [3.63, 3.8) is 0 Å². The number of sulfone groups is 2. The Labute approximate surface area is 197 Å². The van der Waals surface area contributed by atoms with Gasteiger partial charge in [0.2, 0.25) is 14.9 Å². The topological polar surface area (TPSA) is 168 Å². The fourth-order valence-corrected chi connectivity index (χ4v) is 5.25. The molecule has 0 saturated carbocycles. The Morgan fingerprint density at radius 1 is 1.26 bits per heavy atom. The van der Waals surface area contributed by atoms with Crippen molar-refractivity contribution in [1.29, 1.82) is 0 Å². The number of esters is 1. The maximum atomic E-state index is 13.3. The summed E-state index contributed by atoms with van der Waals surface area (Å²) in [5.41, 5.74) is 2.76. The Hall–Kier alpha value is -3.26. The van der Waals surface area contributed by atoms with Gasteiger partial charge in [0.15, 0.2) is 15.7 Å². The molecule has 0 bridgehead atoms. The molecule has 184 valence electrons. The number of ether oxygens (including phenoxy) is 1. The molecule has 0 spiro atoms. The van der Waals surface area contributed by atoms with Crippen molar-refractivity contribution in [1.82, 2.24) is 10.2 Å². The average molecular weight is 512 g/mol. The number of hydrazone groups is 1. The maximum Gasteiger partial charge on any atom is 0.326 e. The number of aromatic amines is 1. The number of nitrogens with one attached hydrogen (secondary N) is 2. The van der Waals surface area contributed by atoms with Crippen LogP contribution in [0.4, 0.5) is 11.5 Å². The van der Waals surface area contributed by atoms with Crippen molar-refractivity contribution in [2.75, 3.05) is 29.7 Å². The lowest BCUT2D eigenvalue weighted by Crippen LogP contribution is -2.47. The smallest absolute Gasteiger partial charge is 0.326 e. The number of rotatable bonds is 6. The number of H-pyrrole nitrogens is 1. The van der Waals surface area contributed by atoms with Gasteiger partial charge >= 0.3 is 5.97 Å². The first kappa shape index (κ1) is 25.4. The fourth-order valence-electron chi connectivity index (χ4n) is 3.08. The van der Waals surface area contributed by atoms with Crippen LogP contribution in [0.5, 0.6) is 0 Å². The summed E-state index contributed by atoms with van der Waals surface area (Å²) in [5.74, 6) is -1.69. The lowest BCUT2D eigenvalue weighted by Gasteiger charge is -2.29. The lowest BCUT2D eigenvalue weighted by molar-refractivity contribution is -0.142. The van der Waals surface area contributed by atoms with Gasteiger partial charge in [0.25, 0.3) is 5.91 Å². The van der Waals surface area contributed by atoms with E-state index < -0.39 is 48.0 Å². The van der Waals surface area contributed by atoms with Gasteiger partial charge in [0.1, 0.15) is 6.54 Å². The van der Waals surface area contributed by atoms with Gasteiger partial charge in [-0.2, -0.15) is 10.2 Å². The summed E-state index contributed by atoms with van der Waals surface area (Å²) < 4.78 is 55.5. The molecule has 1 aromatic carbocycles. The molecule has 0 unspecified atom stereocenters. The van der Waals surface area contributed by atoms with Crippen LogP contribution in [-0.4, -0.2) is 63.4 Å². The molecule has 1 amide bonds. The highest BCUT2D eigenvalue weighted by molar-refractivity contribution is 8.08. The van der Waals surface area contributed by atoms with Crippen LogP contribution in [0.1, 0.15) is 33.4 Å². The largest absolute Gasteiger partial charge is 0.465 e. The van der Waals surface area contributed by atoms with Crippen molar-refractivity contribution in [2.45, 2.75) is 42.9 Å². The van der Waals surface area contributed by atoms with E-state index in [2.05, 4.69) is 20.7 Å². The molecule has 0 saturated heterocycles. The van der Waals surface area contributed by atoms with Crippen molar-refractivity contribution >= 4 is 48.1 Å². The highest BCUT2D eigenvalue weighted by Crippen LogP contribution is 2.34. The van der Waals surface area contributed by atoms with E-state index in [0.29, 0.717) is 0 Å². The zero-order valence-corrected chi connectivity index (χ0v) is 20.9. The molecule has 2 aromatic rings. The lowest BCUT2D eigenvalue weighted by atomic mass is 9.92. The van der Waals surface area contributed by atoms with Gasteiger partial charge in [-0.05, 0) is 25.1 Å². The van der Waals surface area contributed by atoms with Crippen LogP contribution >= 0.6 is 0 Å². The minimum atomic E-state index is -4.55. The van der Waals surface area contributed by atoms with E-state index in [1.54, 1.807) is 13.0 Å². The summed E-state index contributed by atoms with van der Waals surface area (Å²) in [4.78, 5) is 25.4. The number of aromatic nitrogens is 2. The molecular formula is C20H25N5O7S2. The Morgan fingerprint density at radius 2 is 1.94 bits per heavy atom. The number of carbonyl (C=O) groups is 2.